The third-order valence-electron chi connectivity index (χ3n) is 9.09. The molecular formula is C32H38FN5O7S. The van der Waals surface area contributed by atoms with Gasteiger partial charge in [-0.2, -0.15) is 4.31 Å². The van der Waals surface area contributed by atoms with Gasteiger partial charge in [0.1, 0.15) is 17.3 Å². The molecule has 1 atom stereocenters. The molecule has 0 aliphatic carbocycles. The standard InChI is InChI=1S/C32H38FN5O7S/c1-5-43-28-9-7-6-8-25(28)32(44-31(40)37-18-16-36(17-19-37)24-12-14-35(4)15-13-24)26-20-23(33)10-11-27(26)38(30(32)39)46(41,42)29-21(2)34-45-22(29)3/h6-11,20,24H,5,12-19H2,1-4H3. The molecule has 1 aromatic heterocycles. The number of piperidine rings is 1. The summed E-state index contributed by atoms with van der Waals surface area (Å²) in [6.45, 7) is 8.78. The van der Waals surface area contributed by atoms with Crippen LogP contribution in [0.5, 0.6) is 5.75 Å². The lowest BCUT2D eigenvalue weighted by Crippen LogP contribution is -2.55. The van der Waals surface area contributed by atoms with Crippen molar-refractivity contribution < 1.29 is 36.4 Å². The molecule has 12 nitrogen and oxygen atoms in total. The zero-order valence-electron chi connectivity index (χ0n) is 26.4. The number of halogens is 1. The number of aryl methyl sites for hydroxylation is 2. The van der Waals surface area contributed by atoms with Crippen LogP contribution in [0.15, 0.2) is 51.9 Å². The Labute approximate surface area is 267 Å². The van der Waals surface area contributed by atoms with Gasteiger partial charge < -0.3 is 23.8 Å². The van der Waals surface area contributed by atoms with Crippen molar-refractivity contribution >= 4 is 27.7 Å². The molecule has 2 saturated heterocycles. The quantitative estimate of drug-likeness (QED) is 0.372. The largest absolute Gasteiger partial charge is 0.493 e. The number of anilines is 1. The molecule has 0 spiro atoms. The Kier molecular flexibility index (Phi) is 8.55. The van der Waals surface area contributed by atoms with Crippen molar-refractivity contribution in [3.8, 4) is 5.75 Å². The van der Waals surface area contributed by atoms with Crippen LogP contribution < -0.4 is 9.04 Å². The van der Waals surface area contributed by atoms with Crippen LogP contribution in [-0.4, -0.2) is 99.2 Å². The van der Waals surface area contributed by atoms with E-state index in [9.17, 15) is 18.0 Å². The van der Waals surface area contributed by atoms with E-state index < -0.39 is 33.4 Å². The maximum absolute atomic E-state index is 15.1. The maximum Gasteiger partial charge on any atom is 0.411 e. The number of ether oxygens (including phenoxy) is 2. The minimum absolute atomic E-state index is 0.0272. The lowest BCUT2D eigenvalue weighted by molar-refractivity contribution is -0.132. The normalized spacial score (nSPS) is 21.5. The van der Waals surface area contributed by atoms with Gasteiger partial charge in [-0.15, -0.1) is 0 Å². The van der Waals surface area contributed by atoms with Crippen molar-refractivity contribution in [3.63, 3.8) is 0 Å². The van der Waals surface area contributed by atoms with Crippen LogP contribution >= 0.6 is 0 Å². The number of likely N-dealkylation sites (tertiary alicyclic amines) is 1. The molecule has 0 N–H and O–H groups in total. The molecule has 2 aromatic carbocycles. The average Bonchev–Trinajstić information content (AvgIpc) is 3.51. The topological polar surface area (TPSA) is 126 Å². The van der Waals surface area contributed by atoms with E-state index in [1.165, 1.54) is 30.9 Å². The Hall–Kier alpha value is -4.01. The van der Waals surface area contributed by atoms with Gasteiger partial charge in [-0.05, 0) is 78.0 Å². The number of benzene rings is 2. The number of piperazine rings is 1. The lowest BCUT2D eigenvalue weighted by atomic mass is 9.86. The highest BCUT2D eigenvalue weighted by Crippen LogP contribution is 2.52. The predicted octanol–water partition coefficient (Wildman–Crippen LogP) is 3.66. The first-order valence-electron chi connectivity index (χ1n) is 15.4. The van der Waals surface area contributed by atoms with Gasteiger partial charge >= 0.3 is 6.09 Å². The highest BCUT2D eigenvalue weighted by atomic mass is 32.2. The summed E-state index contributed by atoms with van der Waals surface area (Å²) in [5, 5.41) is 3.76. The second kappa shape index (κ2) is 12.3. The predicted molar refractivity (Wildman–Crippen MR) is 166 cm³/mol. The number of para-hydroxylation sites is 1. The molecule has 3 aliphatic heterocycles. The van der Waals surface area contributed by atoms with E-state index in [4.69, 9.17) is 14.0 Å². The number of aromatic nitrogens is 1. The van der Waals surface area contributed by atoms with Crippen LogP contribution in [0.4, 0.5) is 14.9 Å². The van der Waals surface area contributed by atoms with E-state index in [2.05, 4.69) is 22.0 Å². The maximum atomic E-state index is 15.1. The molecule has 1 unspecified atom stereocenters. The number of amides is 2. The summed E-state index contributed by atoms with van der Waals surface area (Å²) in [7, 11) is -2.56. The Morgan fingerprint density at radius 3 is 2.39 bits per heavy atom. The number of carbonyl (C=O) groups excluding carboxylic acids is 2. The van der Waals surface area contributed by atoms with Crippen molar-refractivity contribution in [3.05, 3.63) is 70.9 Å². The van der Waals surface area contributed by atoms with E-state index in [1.54, 1.807) is 25.1 Å². The first kappa shape index (κ1) is 32.0. The molecule has 0 bridgehead atoms. The molecular weight excluding hydrogens is 617 g/mol. The van der Waals surface area contributed by atoms with Crippen molar-refractivity contribution in [2.45, 2.75) is 50.2 Å². The molecule has 2 fully saturated rings. The highest BCUT2D eigenvalue weighted by Gasteiger charge is 2.61. The van der Waals surface area contributed by atoms with Crippen LogP contribution in [-0.2, 0) is 25.2 Å². The van der Waals surface area contributed by atoms with Gasteiger partial charge in [0, 0.05) is 37.8 Å². The summed E-state index contributed by atoms with van der Waals surface area (Å²) in [5.74, 6) is -1.70. The zero-order valence-corrected chi connectivity index (χ0v) is 27.2. The van der Waals surface area contributed by atoms with Gasteiger partial charge in [0.2, 0.25) is 5.60 Å². The third kappa shape index (κ3) is 5.31. The molecule has 4 heterocycles. The fraction of sp³-hybridized carbons (Fsp3) is 0.469. The Bertz CT molecular complexity index is 1730. The molecule has 2 amide bonds. The van der Waals surface area contributed by atoms with E-state index >= 15 is 4.39 Å². The number of nitrogens with zero attached hydrogens (tertiary/aromatic N) is 5. The van der Waals surface area contributed by atoms with Crippen molar-refractivity contribution in [1.29, 1.82) is 0 Å². The summed E-state index contributed by atoms with van der Waals surface area (Å²) in [6.07, 6.45) is 1.27. The second-order valence-corrected chi connectivity index (χ2v) is 13.6. The van der Waals surface area contributed by atoms with Crippen molar-refractivity contribution in [2.75, 3.05) is 57.2 Å². The fourth-order valence-corrected chi connectivity index (χ4v) is 8.54. The molecule has 0 saturated carbocycles. The minimum atomic E-state index is -4.67. The number of rotatable bonds is 7. The summed E-state index contributed by atoms with van der Waals surface area (Å²) in [5.41, 5.74) is -2.57. The smallest absolute Gasteiger partial charge is 0.411 e. The lowest BCUT2D eigenvalue weighted by Gasteiger charge is -2.42. The molecule has 46 heavy (non-hydrogen) atoms. The van der Waals surface area contributed by atoms with Crippen LogP contribution in [0.1, 0.15) is 42.3 Å². The van der Waals surface area contributed by atoms with Crippen LogP contribution in [0, 0.1) is 19.7 Å². The van der Waals surface area contributed by atoms with E-state index in [0.29, 0.717) is 36.5 Å². The first-order valence-corrected chi connectivity index (χ1v) is 16.9. The second-order valence-electron chi connectivity index (χ2n) is 11.9. The third-order valence-corrected chi connectivity index (χ3v) is 11.0. The van der Waals surface area contributed by atoms with Gasteiger partial charge in [-0.1, -0.05) is 23.4 Å². The number of carbonyl (C=O) groups is 2. The van der Waals surface area contributed by atoms with Gasteiger partial charge in [-0.25, -0.2) is 17.6 Å². The van der Waals surface area contributed by atoms with Crippen LogP contribution in [0.3, 0.4) is 0 Å². The SMILES string of the molecule is CCOc1ccccc1C1(OC(=O)N2CCN(C3CCN(C)CC3)CC2)C(=O)N(S(=O)(=O)c2c(C)noc2C)c2ccc(F)cc21. The molecule has 6 rings (SSSR count). The van der Waals surface area contributed by atoms with Crippen LogP contribution in [0.2, 0.25) is 0 Å². The Morgan fingerprint density at radius 1 is 1.04 bits per heavy atom. The monoisotopic (exact) mass is 655 g/mol. The summed E-state index contributed by atoms with van der Waals surface area (Å²) in [6, 6.07) is 10.1. The van der Waals surface area contributed by atoms with E-state index in [1.807, 2.05) is 0 Å². The summed E-state index contributed by atoms with van der Waals surface area (Å²) in [4.78, 5) is 34.8. The molecule has 3 aromatic rings. The number of hydrogen-bond acceptors (Lipinski definition) is 10. The molecule has 14 heteroatoms. The van der Waals surface area contributed by atoms with Gasteiger partial charge in [0.25, 0.3) is 15.9 Å². The minimum Gasteiger partial charge on any atom is -0.493 e. The number of fused-ring (bicyclic) bond motifs is 1. The molecule has 3 aliphatic rings. The average molecular weight is 656 g/mol. The summed E-state index contributed by atoms with van der Waals surface area (Å²) >= 11 is 0. The van der Waals surface area contributed by atoms with Gasteiger partial charge in [-0.3, -0.25) is 9.69 Å². The first-order chi connectivity index (χ1) is 22.0. The van der Waals surface area contributed by atoms with Gasteiger partial charge in [0.15, 0.2) is 10.7 Å². The van der Waals surface area contributed by atoms with Crippen molar-refractivity contribution in [1.82, 2.24) is 19.9 Å². The van der Waals surface area contributed by atoms with Crippen molar-refractivity contribution in [2.24, 2.45) is 0 Å². The van der Waals surface area contributed by atoms with Gasteiger partial charge in [0.05, 0.1) is 17.9 Å². The van der Waals surface area contributed by atoms with Crippen LogP contribution in [0.25, 0.3) is 0 Å². The molecule has 246 valence electrons. The van der Waals surface area contributed by atoms with E-state index in [0.717, 1.165) is 38.1 Å². The Morgan fingerprint density at radius 2 is 1.74 bits per heavy atom. The zero-order chi connectivity index (χ0) is 32.8. The summed E-state index contributed by atoms with van der Waals surface area (Å²) < 4.78 is 61.3. The molecule has 0 radical (unpaired) electrons. The highest BCUT2D eigenvalue weighted by molar-refractivity contribution is 7.93. The van der Waals surface area contributed by atoms with E-state index in [-0.39, 0.29) is 45.5 Å². The number of hydrogen-bond donors (Lipinski definition) is 0. The fourth-order valence-electron chi connectivity index (χ4n) is 6.79. The number of sulfonamides is 1. The Balaban J connectivity index is 1.42.